The van der Waals surface area contributed by atoms with Gasteiger partial charge in [-0.25, -0.2) is 18.5 Å². The summed E-state index contributed by atoms with van der Waals surface area (Å²) in [7, 11) is -3.90. The number of hydrogen-bond acceptors (Lipinski definition) is 6. The van der Waals surface area contributed by atoms with Gasteiger partial charge in [0.2, 0.25) is 10.0 Å². The lowest BCUT2D eigenvalue weighted by atomic mass is 9.96. The molecule has 0 spiro atoms. The van der Waals surface area contributed by atoms with E-state index in [1.54, 1.807) is 30.5 Å². The predicted octanol–water partition coefficient (Wildman–Crippen LogP) is 3.91. The van der Waals surface area contributed by atoms with Gasteiger partial charge in [0, 0.05) is 31.0 Å². The summed E-state index contributed by atoms with van der Waals surface area (Å²) in [6, 6.07) is 10.7. The highest BCUT2D eigenvalue weighted by atomic mass is 32.2. The molecule has 0 aliphatic carbocycles. The van der Waals surface area contributed by atoms with E-state index in [2.05, 4.69) is 9.97 Å². The number of ether oxygens (including phenoxy) is 1. The third kappa shape index (κ3) is 5.21. The first kappa shape index (κ1) is 24.1. The van der Waals surface area contributed by atoms with Crippen LogP contribution in [0.2, 0.25) is 0 Å². The van der Waals surface area contributed by atoms with Crippen LogP contribution in [0.15, 0.2) is 59.8 Å². The highest BCUT2D eigenvalue weighted by Gasteiger charge is 2.41. The molecule has 1 fully saturated rings. The Balaban J connectivity index is 1.38. The van der Waals surface area contributed by atoms with Crippen molar-refractivity contribution in [3.8, 4) is 11.3 Å². The molecular weight excluding hydrogens is 469 g/mol. The zero-order valence-electron chi connectivity index (χ0n) is 18.5. The zero-order chi connectivity index (χ0) is 24.7. The summed E-state index contributed by atoms with van der Waals surface area (Å²) < 4.78 is 68.0. The topological polar surface area (TPSA) is 98.4 Å². The average Bonchev–Trinajstić information content (AvgIpc) is 2.75. The van der Waals surface area contributed by atoms with E-state index in [1.807, 2.05) is 18.7 Å². The van der Waals surface area contributed by atoms with E-state index in [-0.39, 0.29) is 11.5 Å². The van der Waals surface area contributed by atoms with Gasteiger partial charge in [0.15, 0.2) is 0 Å². The van der Waals surface area contributed by atoms with Crippen LogP contribution in [0.25, 0.3) is 11.3 Å². The van der Waals surface area contributed by atoms with Gasteiger partial charge in [-0.3, -0.25) is 4.98 Å². The number of pyridine rings is 2. The summed E-state index contributed by atoms with van der Waals surface area (Å²) in [6.45, 7) is 5.01. The lowest BCUT2D eigenvalue weighted by Crippen LogP contribution is -2.61. The van der Waals surface area contributed by atoms with Gasteiger partial charge in [0.25, 0.3) is 0 Å². The maximum absolute atomic E-state index is 12.7. The minimum absolute atomic E-state index is 0.00791. The fourth-order valence-corrected chi connectivity index (χ4v) is 4.50. The van der Waals surface area contributed by atoms with Crippen molar-refractivity contribution in [3.05, 3.63) is 71.5 Å². The molecule has 11 heteroatoms. The van der Waals surface area contributed by atoms with Gasteiger partial charge in [0.1, 0.15) is 11.4 Å². The normalized spacial score (nSPS) is 15.8. The molecule has 3 heterocycles. The summed E-state index contributed by atoms with van der Waals surface area (Å²) in [5, 5.41) is 5.34. The first-order valence-corrected chi connectivity index (χ1v) is 11.9. The van der Waals surface area contributed by atoms with E-state index in [4.69, 9.17) is 9.88 Å². The second kappa shape index (κ2) is 8.64. The number of benzene rings is 1. The van der Waals surface area contributed by atoms with E-state index in [0.29, 0.717) is 30.2 Å². The first-order valence-electron chi connectivity index (χ1n) is 10.3. The van der Waals surface area contributed by atoms with Crippen LogP contribution in [0.1, 0.15) is 23.6 Å². The quantitative estimate of drug-likeness (QED) is 0.560. The number of halogens is 3. The van der Waals surface area contributed by atoms with Crippen molar-refractivity contribution in [2.75, 3.05) is 18.0 Å². The number of hydrogen-bond donors (Lipinski definition) is 1. The molecule has 0 atom stereocenters. The molecule has 2 N–H and O–H groups in total. The van der Waals surface area contributed by atoms with Gasteiger partial charge in [-0.2, -0.15) is 13.2 Å². The molecule has 180 valence electrons. The summed E-state index contributed by atoms with van der Waals surface area (Å²) in [4.78, 5) is 10.1. The summed E-state index contributed by atoms with van der Waals surface area (Å²) in [5.74, 6) is 0.462. The van der Waals surface area contributed by atoms with Crippen molar-refractivity contribution in [1.29, 1.82) is 0 Å². The number of nitrogens with zero attached hydrogens (tertiary/aromatic N) is 3. The molecule has 3 aromatic rings. The maximum Gasteiger partial charge on any atom is 0.417 e. The molecule has 0 unspecified atom stereocenters. The maximum atomic E-state index is 12.7. The number of aryl methyl sites for hydroxylation is 1. The Bertz CT molecular complexity index is 1290. The second-order valence-electron chi connectivity index (χ2n) is 8.59. The highest BCUT2D eigenvalue weighted by Crippen LogP contribution is 2.33. The van der Waals surface area contributed by atoms with Crippen LogP contribution in [0.5, 0.6) is 0 Å². The number of nitrogens with two attached hydrogens (primary N) is 1. The van der Waals surface area contributed by atoms with E-state index in [0.717, 1.165) is 23.4 Å². The third-order valence-electron chi connectivity index (χ3n) is 5.58. The van der Waals surface area contributed by atoms with Gasteiger partial charge < -0.3 is 9.64 Å². The molecule has 2 aromatic heterocycles. The Morgan fingerprint density at radius 3 is 2.38 bits per heavy atom. The van der Waals surface area contributed by atoms with Crippen molar-refractivity contribution in [1.82, 2.24) is 9.97 Å². The van der Waals surface area contributed by atoms with E-state index >= 15 is 0 Å². The van der Waals surface area contributed by atoms with Gasteiger partial charge in [0.05, 0.1) is 22.8 Å². The van der Waals surface area contributed by atoms with Gasteiger partial charge >= 0.3 is 6.18 Å². The Morgan fingerprint density at radius 1 is 1.09 bits per heavy atom. The molecule has 1 aliphatic rings. The molecule has 1 aliphatic heterocycles. The summed E-state index contributed by atoms with van der Waals surface area (Å²) in [6.07, 6.45) is -1.97. The molecule has 4 rings (SSSR count). The smallest absolute Gasteiger partial charge is 0.367 e. The van der Waals surface area contributed by atoms with Crippen LogP contribution in [0.3, 0.4) is 0 Å². The molecule has 7 nitrogen and oxygen atoms in total. The second-order valence-corrected chi connectivity index (χ2v) is 10.1. The lowest BCUT2D eigenvalue weighted by Gasteiger charge is -2.48. The van der Waals surface area contributed by atoms with Gasteiger partial charge in [-0.15, -0.1) is 0 Å². The molecule has 0 amide bonds. The fraction of sp³-hybridized carbons (Fsp3) is 0.304. The molecule has 0 radical (unpaired) electrons. The summed E-state index contributed by atoms with van der Waals surface area (Å²) in [5.41, 5.74) is 1.31. The molecular formula is C23H23F3N4O3S. The van der Waals surface area contributed by atoms with Crippen molar-refractivity contribution < 1.29 is 26.3 Å². The van der Waals surface area contributed by atoms with Crippen LogP contribution in [-0.4, -0.2) is 37.1 Å². The fourth-order valence-electron chi connectivity index (χ4n) is 3.77. The molecule has 0 bridgehead atoms. The lowest BCUT2D eigenvalue weighted by molar-refractivity contribution is -0.137. The van der Waals surface area contributed by atoms with Crippen molar-refractivity contribution >= 4 is 15.8 Å². The van der Waals surface area contributed by atoms with Crippen LogP contribution in [0, 0.1) is 6.92 Å². The number of alkyl halides is 3. The van der Waals surface area contributed by atoms with Crippen molar-refractivity contribution in [3.63, 3.8) is 0 Å². The van der Waals surface area contributed by atoms with E-state index < -0.39 is 27.4 Å². The standard InChI is InChI=1S/C23H23F3N4O3S/c1-15-3-7-20(34(27,31)32)18(9-15)19-6-4-16(10-28-19)12-33-22(2)13-30(14-22)21-8-5-17(11-29-21)23(24,25)26/h3-11H,12-14H2,1-2H3,(H2,27,31,32). The molecule has 34 heavy (non-hydrogen) atoms. The first-order chi connectivity index (χ1) is 15.8. The molecule has 0 saturated carbocycles. The van der Waals surface area contributed by atoms with Crippen LogP contribution in [0.4, 0.5) is 19.0 Å². The Kier molecular flexibility index (Phi) is 6.13. The van der Waals surface area contributed by atoms with E-state index in [1.165, 1.54) is 12.1 Å². The van der Waals surface area contributed by atoms with Crippen LogP contribution >= 0.6 is 0 Å². The molecule has 1 saturated heterocycles. The Labute approximate surface area is 195 Å². The number of rotatable bonds is 6. The number of sulfonamides is 1. The largest absolute Gasteiger partial charge is 0.417 e. The number of anilines is 1. The van der Waals surface area contributed by atoms with Crippen LogP contribution in [-0.2, 0) is 27.5 Å². The average molecular weight is 493 g/mol. The van der Waals surface area contributed by atoms with Gasteiger partial charge in [-0.05, 0) is 49.7 Å². The Morgan fingerprint density at radius 2 is 1.82 bits per heavy atom. The SMILES string of the molecule is Cc1ccc(S(N)(=O)=O)c(-c2ccc(COC3(C)CN(c4ccc(C(F)(F)F)cn4)C3)cn2)c1. The predicted molar refractivity (Wildman–Crippen MR) is 120 cm³/mol. The van der Waals surface area contributed by atoms with Crippen molar-refractivity contribution in [2.24, 2.45) is 5.14 Å². The third-order valence-corrected chi connectivity index (χ3v) is 6.55. The van der Waals surface area contributed by atoms with E-state index in [9.17, 15) is 21.6 Å². The zero-order valence-corrected chi connectivity index (χ0v) is 19.3. The minimum Gasteiger partial charge on any atom is -0.367 e. The molecule has 1 aromatic carbocycles. The monoisotopic (exact) mass is 492 g/mol. The minimum atomic E-state index is -4.42. The van der Waals surface area contributed by atoms with Crippen molar-refractivity contribution in [2.45, 2.75) is 37.1 Å². The summed E-state index contributed by atoms with van der Waals surface area (Å²) >= 11 is 0. The number of aromatic nitrogens is 2. The number of primary sulfonamides is 1. The Hall–Kier alpha value is -3.02. The highest BCUT2D eigenvalue weighted by molar-refractivity contribution is 7.89. The van der Waals surface area contributed by atoms with Gasteiger partial charge in [-0.1, -0.05) is 17.7 Å². The van der Waals surface area contributed by atoms with Crippen LogP contribution < -0.4 is 10.0 Å².